The first-order valence-corrected chi connectivity index (χ1v) is 5.32. The van der Waals surface area contributed by atoms with Crippen molar-refractivity contribution in [3.8, 4) is 0 Å². The van der Waals surface area contributed by atoms with Crippen molar-refractivity contribution in [3.63, 3.8) is 0 Å². The van der Waals surface area contributed by atoms with Gasteiger partial charge in [-0.15, -0.1) is 0 Å². The largest absolute Gasteiger partial charge is 0.396 e. The van der Waals surface area contributed by atoms with Gasteiger partial charge >= 0.3 is 0 Å². The average Bonchev–Trinajstić information content (AvgIpc) is 2.16. The van der Waals surface area contributed by atoms with Gasteiger partial charge in [0.25, 0.3) is 0 Å². The third-order valence-electron chi connectivity index (χ3n) is 3.38. The van der Waals surface area contributed by atoms with E-state index < -0.39 is 11.0 Å². The number of hydrogen-bond acceptors (Lipinski definition) is 3. The first-order chi connectivity index (χ1) is 7.31. The van der Waals surface area contributed by atoms with E-state index in [-0.39, 0.29) is 12.4 Å². The van der Waals surface area contributed by atoms with E-state index in [1.807, 2.05) is 20.8 Å². The van der Waals surface area contributed by atoms with Crippen LogP contribution >= 0.6 is 0 Å². The summed E-state index contributed by atoms with van der Waals surface area (Å²) in [4.78, 5) is 3.83. The monoisotopic (exact) mass is 226 g/mol. The molecular formula is C12H19FN2O. The Labute approximate surface area is 95.5 Å². The Hall–Kier alpha value is -1.00. The molecule has 0 radical (unpaired) electrons. The molecule has 4 heteroatoms. The topological polar surface area (TPSA) is 59.1 Å². The van der Waals surface area contributed by atoms with Gasteiger partial charge in [0.2, 0.25) is 0 Å². The molecule has 0 saturated heterocycles. The van der Waals surface area contributed by atoms with Crippen LogP contribution in [0.3, 0.4) is 0 Å². The highest BCUT2D eigenvalue weighted by Gasteiger charge is 2.39. The molecule has 1 aromatic rings. The zero-order valence-electron chi connectivity index (χ0n) is 10.00. The number of nitrogens with zero attached hydrogens (tertiary/aromatic N) is 1. The lowest BCUT2D eigenvalue weighted by Gasteiger charge is -2.41. The van der Waals surface area contributed by atoms with Gasteiger partial charge in [-0.3, -0.25) is 4.98 Å². The number of aromatic nitrogens is 1. The fourth-order valence-electron chi connectivity index (χ4n) is 1.78. The van der Waals surface area contributed by atoms with Gasteiger partial charge in [0.15, 0.2) is 0 Å². The molecule has 1 aromatic heterocycles. The molecule has 0 fully saturated rings. The maximum Gasteiger partial charge on any atom is 0.141 e. The van der Waals surface area contributed by atoms with Gasteiger partial charge in [-0.05, 0) is 31.9 Å². The number of hydrogen-bond donors (Lipinski definition) is 2. The smallest absolute Gasteiger partial charge is 0.141 e. The van der Waals surface area contributed by atoms with Crippen LogP contribution in [0.2, 0.25) is 0 Å². The molecule has 1 rings (SSSR count). The zero-order chi connectivity index (χ0) is 12.4. The molecule has 0 aliphatic heterocycles. The fraction of sp³-hybridized carbons (Fsp3) is 0.583. The van der Waals surface area contributed by atoms with E-state index in [1.165, 1.54) is 6.07 Å². The summed E-state index contributed by atoms with van der Waals surface area (Å²) in [7, 11) is 0. The summed E-state index contributed by atoms with van der Waals surface area (Å²) >= 11 is 0. The third-order valence-corrected chi connectivity index (χ3v) is 3.38. The minimum atomic E-state index is -0.564. The van der Waals surface area contributed by atoms with Crippen LogP contribution in [-0.4, -0.2) is 22.2 Å². The molecule has 1 heterocycles. The number of aliphatic hydroxyl groups excluding tert-OH is 1. The van der Waals surface area contributed by atoms with Crippen LogP contribution in [-0.2, 0) is 5.41 Å². The molecule has 0 spiro atoms. The van der Waals surface area contributed by atoms with E-state index in [4.69, 9.17) is 10.8 Å². The molecule has 0 amide bonds. The Kier molecular flexibility index (Phi) is 3.65. The molecule has 16 heavy (non-hydrogen) atoms. The summed E-state index contributed by atoms with van der Waals surface area (Å²) in [5.74, 6) is -0.383. The van der Waals surface area contributed by atoms with Gasteiger partial charge < -0.3 is 10.8 Å². The summed E-state index contributed by atoms with van der Waals surface area (Å²) < 4.78 is 13.2. The molecule has 3 nitrogen and oxygen atoms in total. The van der Waals surface area contributed by atoms with Crippen LogP contribution in [0, 0.1) is 5.82 Å². The molecule has 1 unspecified atom stereocenters. The molecule has 0 aromatic carbocycles. The second-order valence-electron chi connectivity index (χ2n) is 4.92. The van der Waals surface area contributed by atoms with Crippen molar-refractivity contribution >= 4 is 0 Å². The van der Waals surface area contributed by atoms with Crippen LogP contribution in [0.25, 0.3) is 0 Å². The first kappa shape index (κ1) is 13.1. The quantitative estimate of drug-likeness (QED) is 0.819. The van der Waals surface area contributed by atoms with Gasteiger partial charge in [-0.25, -0.2) is 4.39 Å². The average molecular weight is 226 g/mol. The van der Waals surface area contributed by atoms with E-state index in [9.17, 15) is 4.39 Å². The highest BCUT2D eigenvalue weighted by atomic mass is 19.1. The summed E-state index contributed by atoms with van der Waals surface area (Å²) in [6.07, 6.45) is 3.24. The molecule has 3 N–H and O–H groups in total. The van der Waals surface area contributed by atoms with E-state index in [1.54, 1.807) is 6.20 Å². The van der Waals surface area contributed by atoms with E-state index >= 15 is 0 Å². The van der Waals surface area contributed by atoms with Crippen LogP contribution < -0.4 is 5.73 Å². The molecule has 1 atom stereocenters. The second-order valence-corrected chi connectivity index (χ2v) is 4.92. The molecule has 0 saturated carbocycles. The highest BCUT2D eigenvalue weighted by Crippen LogP contribution is 2.36. The fourth-order valence-corrected chi connectivity index (χ4v) is 1.78. The van der Waals surface area contributed by atoms with E-state index in [2.05, 4.69) is 4.98 Å². The maximum absolute atomic E-state index is 13.2. The molecule has 90 valence electrons. The number of halogens is 1. The predicted molar refractivity (Wildman–Crippen MR) is 61.5 cm³/mol. The van der Waals surface area contributed by atoms with Crippen molar-refractivity contribution < 1.29 is 9.50 Å². The Bertz CT molecular complexity index is 362. The van der Waals surface area contributed by atoms with Crippen LogP contribution in [0.1, 0.15) is 32.8 Å². The Morgan fingerprint density at radius 3 is 2.44 bits per heavy atom. The van der Waals surface area contributed by atoms with Gasteiger partial charge in [0.1, 0.15) is 5.82 Å². The summed E-state index contributed by atoms with van der Waals surface area (Å²) in [5.41, 5.74) is 5.77. The maximum atomic E-state index is 13.2. The normalized spacial score (nSPS) is 15.9. The second kappa shape index (κ2) is 4.47. The number of pyridine rings is 1. The van der Waals surface area contributed by atoms with Gasteiger partial charge in [0, 0.05) is 23.8 Å². The van der Waals surface area contributed by atoms with Crippen molar-refractivity contribution in [2.75, 3.05) is 6.61 Å². The first-order valence-electron chi connectivity index (χ1n) is 5.32. The Morgan fingerprint density at radius 1 is 1.38 bits per heavy atom. The van der Waals surface area contributed by atoms with Crippen molar-refractivity contribution in [1.82, 2.24) is 4.98 Å². The summed E-state index contributed by atoms with van der Waals surface area (Å²) in [6.45, 7) is 5.66. The SMILES string of the molecule is CC(C)(N)C(C)(CCO)c1cncc(F)c1. The standard InChI is InChI=1S/C12H19FN2O/c1-11(2,14)12(3,4-5-16)9-6-10(13)8-15-7-9/h6-8,16H,4-5,14H2,1-3H3. The van der Waals surface area contributed by atoms with E-state index in [0.717, 1.165) is 6.20 Å². The van der Waals surface area contributed by atoms with Gasteiger partial charge in [0.05, 0.1) is 6.20 Å². The Balaban J connectivity index is 3.21. The van der Waals surface area contributed by atoms with Crippen LogP contribution in [0.15, 0.2) is 18.5 Å². The van der Waals surface area contributed by atoms with Crippen LogP contribution in [0.4, 0.5) is 4.39 Å². The van der Waals surface area contributed by atoms with Gasteiger partial charge in [-0.1, -0.05) is 6.92 Å². The number of rotatable bonds is 4. The number of aliphatic hydroxyl groups is 1. The van der Waals surface area contributed by atoms with Crippen molar-refractivity contribution in [1.29, 1.82) is 0 Å². The summed E-state index contributed by atoms with van der Waals surface area (Å²) in [6, 6.07) is 1.43. The minimum Gasteiger partial charge on any atom is -0.396 e. The zero-order valence-corrected chi connectivity index (χ0v) is 10.00. The Morgan fingerprint density at radius 2 is 2.00 bits per heavy atom. The van der Waals surface area contributed by atoms with Crippen LogP contribution in [0.5, 0.6) is 0 Å². The lowest BCUT2D eigenvalue weighted by Crippen LogP contribution is -2.52. The minimum absolute atomic E-state index is 0.00758. The molecular weight excluding hydrogens is 207 g/mol. The van der Waals surface area contributed by atoms with Crippen molar-refractivity contribution in [2.24, 2.45) is 5.73 Å². The molecule has 0 aliphatic rings. The van der Waals surface area contributed by atoms with Crippen molar-refractivity contribution in [2.45, 2.75) is 38.1 Å². The summed E-state index contributed by atoms with van der Waals surface area (Å²) in [5, 5.41) is 9.13. The number of nitrogens with two attached hydrogens (primary N) is 1. The lowest BCUT2D eigenvalue weighted by molar-refractivity contribution is 0.190. The van der Waals surface area contributed by atoms with Gasteiger partial charge in [-0.2, -0.15) is 0 Å². The van der Waals surface area contributed by atoms with Crippen molar-refractivity contribution in [3.05, 3.63) is 29.8 Å². The lowest BCUT2D eigenvalue weighted by atomic mass is 9.67. The molecule has 0 bridgehead atoms. The highest BCUT2D eigenvalue weighted by molar-refractivity contribution is 5.26. The molecule has 0 aliphatic carbocycles. The predicted octanol–water partition coefficient (Wildman–Crippen LogP) is 1.60. The third kappa shape index (κ3) is 2.39. The van der Waals surface area contributed by atoms with E-state index in [0.29, 0.717) is 12.0 Å².